The van der Waals surface area contributed by atoms with Crippen LogP contribution in [-0.4, -0.2) is 45.4 Å². The smallest absolute Gasteiger partial charge is 0.410 e. The van der Waals surface area contributed by atoms with Crippen molar-refractivity contribution >= 4 is 46.9 Å². The van der Waals surface area contributed by atoms with Crippen LogP contribution in [0, 0.1) is 5.82 Å². The normalized spacial score (nSPS) is 15.0. The molecule has 0 bridgehead atoms. The molecule has 0 spiro atoms. The first-order chi connectivity index (χ1) is 20.9. The lowest BCUT2D eigenvalue weighted by molar-refractivity contribution is 0.0279. The number of nitrogens with zero attached hydrogens (tertiary/aromatic N) is 3. The number of ether oxygens (including phenoxy) is 1. The Morgan fingerprint density at radius 1 is 1.05 bits per heavy atom. The Morgan fingerprint density at radius 2 is 1.75 bits per heavy atom. The summed E-state index contributed by atoms with van der Waals surface area (Å²) in [6.45, 7) is 7.76. The molecule has 0 aliphatic carbocycles. The second kappa shape index (κ2) is 12.8. The van der Waals surface area contributed by atoms with Crippen molar-refractivity contribution in [1.82, 2.24) is 20.0 Å². The Morgan fingerprint density at radius 3 is 2.41 bits per heavy atom. The van der Waals surface area contributed by atoms with Crippen molar-refractivity contribution in [3.05, 3.63) is 117 Å². The lowest BCUT2D eigenvalue weighted by Gasteiger charge is -2.27. The van der Waals surface area contributed by atoms with E-state index >= 15 is 0 Å². The van der Waals surface area contributed by atoms with E-state index in [1.807, 2.05) is 64.1 Å². The van der Waals surface area contributed by atoms with Gasteiger partial charge in [0.05, 0.1) is 29.0 Å². The number of carbonyl (C=O) groups is 2. The Bertz CT molecular complexity index is 1710. The first kappa shape index (κ1) is 31.3. The fourth-order valence-electron chi connectivity index (χ4n) is 5.08. The summed E-state index contributed by atoms with van der Waals surface area (Å²) in [7, 11) is 0. The van der Waals surface area contributed by atoms with Crippen molar-refractivity contribution < 1.29 is 18.7 Å². The Labute approximate surface area is 266 Å². The summed E-state index contributed by atoms with van der Waals surface area (Å²) >= 11 is 12.9. The van der Waals surface area contributed by atoms with E-state index in [0.29, 0.717) is 44.5 Å². The van der Waals surface area contributed by atoms with Crippen molar-refractivity contribution in [2.24, 2.45) is 0 Å². The number of benzene rings is 3. The number of halogens is 3. The zero-order chi connectivity index (χ0) is 31.6. The van der Waals surface area contributed by atoms with Gasteiger partial charge in [-0.1, -0.05) is 65.7 Å². The van der Waals surface area contributed by atoms with Gasteiger partial charge >= 0.3 is 6.09 Å². The van der Waals surface area contributed by atoms with Gasteiger partial charge in [0, 0.05) is 17.1 Å². The highest BCUT2D eigenvalue weighted by atomic mass is 35.5. The lowest BCUT2D eigenvalue weighted by atomic mass is 10.0. The van der Waals surface area contributed by atoms with Crippen molar-refractivity contribution in [2.45, 2.75) is 45.8 Å². The van der Waals surface area contributed by atoms with E-state index in [-0.39, 0.29) is 36.5 Å². The van der Waals surface area contributed by atoms with Crippen LogP contribution in [0.2, 0.25) is 10.0 Å². The molecule has 3 aromatic carbocycles. The number of nitrogens with one attached hydrogen (secondary N) is 1. The predicted octanol–water partition coefficient (Wildman–Crippen LogP) is 8.14. The summed E-state index contributed by atoms with van der Waals surface area (Å²) in [4.78, 5) is 28.8. The number of fused-ring (bicyclic) bond motifs is 1. The summed E-state index contributed by atoms with van der Waals surface area (Å²) in [5.41, 5.74) is 3.60. The van der Waals surface area contributed by atoms with Gasteiger partial charge in [0.25, 0.3) is 5.91 Å². The number of hydrogen-bond acceptors (Lipinski definition) is 4. The summed E-state index contributed by atoms with van der Waals surface area (Å²) in [6.07, 6.45) is 1.70. The standard InChI is InChI=1S/C34H33Cl2FN4O3/c1-21(23-8-6-5-7-9-23)38-32(42)30-27-16-17-40(33(43)44-34(2,3)4)20-24(18-22-10-13-26(37)14-11-22)31(27)41(39-30)29-15-12-25(35)19-28(29)36/h5-15,18-19,21H,16-17,20H2,1-4H3,(H,38,42)/t21-/m1/s1. The fraction of sp³-hybridized carbons (Fsp3) is 0.265. The quantitative estimate of drug-likeness (QED) is 0.240. The van der Waals surface area contributed by atoms with Gasteiger partial charge in [-0.15, -0.1) is 0 Å². The molecular weight excluding hydrogens is 602 g/mol. The van der Waals surface area contributed by atoms with Gasteiger partial charge in [0.15, 0.2) is 5.69 Å². The molecule has 1 aromatic heterocycles. The van der Waals surface area contributed by atoms with Crippen LogP contribution in [-0.2, 0) is 11.2 Å². The first-order valence-corrected chi connectivity index (χ1v) is 15.0. The van der Waals surface area contributed by atoms with Gasteiger partial charge in [-0.2, -0.15) is 5.10 Å². The van der Waals surface area contributed by atoms with Crippen molar-refractivity contribution in [3.8, 4) is 5.69 Å². The van der Waals surface area contributed by atoms with Crippen LogP contribution in [0.25, 0.3) is 17.3 Å². The van der Waals surface area contributed by atoms with Crippen LogP contribution in [0.15, 0.2) is 72.8 Å². The number of hydrogen-bond donors (Lipinski definition) is 1. The van der Waals surface area contributed by atoms with E-state index in [4.69, 9.17) is 33.0 Å². The molecule has 2 amide bonds. The number of aromatic nitrogens is 2. The van der Waals surface area contributed by atoms with Crippen LogP contribution in [0.1, 0.15) is 66.6 Å². The average molecular weight is 636 g/mol. The molecule has 0 saturated carbocycles. The second-order valence-corrected chi connectivity index (χ2v) is 12.5. The van der Waals surface area contributed by atoms with E-state index in [9.17, 15) is 14.0 Å². The molecule has 2 heterocycles. The Balaban J connectivity index is 1.67. The number of rotatable bonds is 5. The van der Waals surface area contributed by atoms with Gasteiger partial charge in [0.2, 0.25) is 0 Å². The molecule has 7 nitrogen and oxygen atoms in total. The maximum absolute atomic E-state index is 13.9. The third-order valence-corrected chi connectivity index (χ3v) is 7.68. The van der Waals surface area contributed by atoms with Gasteiger partial charge in [-0.25, -0.2) is 13.9 Å². The van der Waals surface area contributed by atoms with Crippen molar-refractivity contribution in [3.63, 3.8) is 0 Å². The zero-order valence-corrected chi connectivity index (χ0v) is 26.4. The molecule has 0 radical (unpaired) electrons. The molecule has 1 N–H and O–H groups in total. The van der Waals surface area contributed by atoms with E-state index in [0.717, 1.165) is 5.56 Å². The molecule has 1 atom stereocenters. The zero-order valence-electron chi connectivity index (χ0n) is 24.9. The van der Waals surface area contributed by atoms with Crippen molar-refractivity contribution in [2.75, 3.05) is 13.1 Å². The average Bonchev–Trinajstić information content (AvgIpc) is 3.24. The molecule has 1 aliphatic heterocycles. The van der Waals surface area contributed by atoms with Crippen LogP contribution in [0.5, 0.6) is 0 Å². The Hall–Kier alpha value is -4.14. The van der Waals surface area contributed by atoms with Gasteiger partial charge < -0.3 is 15.0 Å². The summed E-state index contributed by atoms with van der Waals surface area (Å²) < 4.78 is 21.2. The monoisotopic (exact) mass is 634 g/mol. The molecule has 10 heteroatoms. The molecule has 0 unspecified atom stereocenters. The second-order valence-electron chi connectivity index (χ2n) is 11.7. The lowest BCUT2D eigenvalue weighted by Crippen LogP contribution is -2.38. The highest BCUT2D eigenvalue weighted by Gasteiger charge is 2.33. The Kier molecular flexibility index (Phi) is 9.13. The summed E-state index contributed by atoms with van der Waals surface area (Å²) in [5, 5.41) is 8.67. The summed E-state index contributed by atoms with van der Waals surface area (Å²) in [6, 6.07) is 20.4. The maximum atomic E-state index is 13.9. The van der Waals surface area contributed by atoms with E-state index in [2.05, 4.69) is 5.32 Å². The highest BCUT2D eigenvalue weighted by Crippen LogP contribution is 2.35. The fourth-order valence-corrected chi connectivity index (χ4v) is 5.57. The number of carbonyl (C=O) groups excluding carboxylic acids is 2. The van der Waals surface area contributed by atoms with Crippen LogP contribution >= 0.6 is 23.2 Å². The molecule has 228 valence electrons. The SMILES string of the molecule is C[C@@H](NC(=O)c1nn(-c2ccc(Cl)cc2Cl)c2c1CCN(C(=O)OC(C)(C)C)CC2=Cc1ccc(F)cc1)c1ccccc1. The van der Waals surface area contributed by atoms with Gasteiger partial charge in [0.1, 0.15) is 11.4 Å². The van der Waals surface area contributed by atoms with Gasteiger partial charge in [-0.3, -0.25) is 4.79 Å². The molecule has 0 fully saturated rings. The van der Waals surface area contributed by atoms with Crippen molar-refractivity contribution in [1.29, 1.82) is 0 Å². The third kappa shape index (κ3) is 7.14. The third-order valence-electron chi connectivity index (χ3n) is 7.14. The van der Waals surface area contributed by atoms with Crippen LogP contribution < -0.4 is 5.32 Å². The van der Waals surface area contributed by atoms with Gasteiger partial charge in [-0.05, 0) is 87.2 Å². The molecule has 0 saturated heterocycles. The minimum absolute atomic E-state index is 0.150. The van der Waals surface area contributed by atoms with E-state index < -0.39 is 11.7 Å². The predicted molar refractivity (Wildman–Crippen MR) is 172 cm³/mol. The number of amides is 2. The highest BCUT2D eigenvalue weighted by molar-refractivity contribution is 6.35. The van der Waals surface area contributed by atoms with E-state index in [1.54, 1.807) is 39.9 Å². The summed E-state index contributed by atoms with van der Waals surface area (Å²) in [5.74, 6) is -0.734. The molecule has 44 heavy (non-hydrogen) atoms. The maximum Gasteiger partial charge on any atom is 0.410 e. The molecular formula is C34H33Cl2FN4O3. The van der Waals surface area contributed by atoms with Crippen LogP contribution in [0.4, 0.5) is 9.18 Å². The first-order valence-electron chi connectivity index (χ1n) is 14.3. The topological polar surface area (TPSA) is 76.5 Å². The largest absolute Gasteiger partial charge is 0.444 e. The van der Waals surface area contributed by atoms with E-state index in [1.165, 1.54) is 12.1 Å². The minimum Gasteiger partial charge on any atom is -0.444 e. The molecule has 5 rings (SSSR count). The van der Waals surface area contributed by atoms with Crippen LogP contribution in [0.3, 0.4) is 0 Å². The molecule has 1 aliphatic rings. The minimum atomic E-state index is -0.705. The molecule has 4 aromatic rings.